The van der Waals surface area contributed by atoms with E-state index < -0.39 is 0 Å². The van der Waals surface area contributed by atoms with Crippen LogP contribution in [0.25, 0.3) is 66.8 Å². The minimum absolute atomic E-state index is 0.877. The van der Waals surface area contributed by atoms with Gasteiger partial charge in [-0.25, -0.2) is 9.97 Å². The summed E-state index contributed by atoms with van der Waals surface area (Å²) < 4.78 is 10.2. The van der Waals surface area contributed by atoms with Crippen molar-refractivity contribution in [2.75, 3.05) is 36.0 Å². The maximum absolute atomic E-state index is 5.69. The van der Waals surface area contributed by atoms with Gasteiger partial charge in [-0.1, -0.05) is 112 Å². The molecule has 0 saturated carbocycles. The maximum Gasteiger partial charge on any atom is 0.115 e. The summed E-state index contributed by atoms with van der Waals surface area (Å²) in [6.45, 7) is 9.04. The second-order valence-corrected chi connectivity index (χ2v) is 15.9. The molecule has 5 aromatic carbocycles. The van der Waals surface area contributed by atoms with Gasteiger partial charge >= 0.3 is 0 Å². The summed E-state index contributed by atoms with van der Waals surface area (Å²) in [5.74, 6) is 0. The fourth-order valence-electron chi connectivity index (χ4n) is 8.90. The van der Waals surface area contributed by atoms with Crippen LogP contribution in [-0.4, -0.2) is 44.9 Å². The van der Waals surface area contributed by atoms with E-state index >= 15 is 0 Å². The van der Waals surface area contributed by atoms with Gasteiger partial charge in [0.1, 0.15) is 22.1 Å². The number of hydrogen-bond acceptors (Lipinski definition) is 7. The van der Waals surface area contributed by atoms with Gasteiger partial charge in [0.15, 0.2) is 0 Å². The number of anilines is 2. The van der Waals surface area contributed by atoms with E-state index in [0.717, 1.165) is 106 Å². The number of unbranched alkanes of at least 4 members (excludes halogenated alkanes) is 4. The molecule has 7 heteroatoms. The molecule has 0 bridgehead atoms. The zero-order valence-corrected chi connectivity index (χ0v) is 33.0. The van der Waals surface area contributed by atoms with Crippen molar-refractivity contribution in [3.8, 4) is 44.8 Å². The topological polar surface area (TPSA) is 58.0 Å². The van der Waals surface area contributed by atoms with Crippen molar-refractivity contribution in [2.45, 2.75) is 78.1 Å². The molecular weight excluding hydrogens is 693 g/mol. The Bertz CT molecular complexity index is 2270. The van der Waals surface area contributed by atoms with E-state index in [2.05, 4.69) is 121 Å². The number of nitrogens with zero attached hydrogens (tertiary/aromatic N) is 6. The summed E-state index contributed by atoms with van der Waals surface area (Å²) in [7, 11) is 0. The van der Waals surface area contributed by atoms with Gasteiger partial charge in [0.2, 0.25) is 0 Å². The number of rotatable bonds is 12. The van der Waals surface area contributed by atoms with Crippen LogP contribution >= 0.6 is 11.7 Å². The molecule has 278 valence electrons. The highest BCUT2D eigenvalue weighted by Crippen LogP contribution is 2.46. The van der Waals surface area contributed by atoms with Gasteiger partial charge < -0.3 is 9.80 Å². The summed E-state index contributed by atoms with van der Waals surface area (Å²) in [5.41, 5.74) is 17.3. The SMILES string of the molecule is CCCCCN1CCCc2cc(-c3c4nsnc4c(-c4ccc5c(c4)CCCN5CCCCC)c4nc(-c5ccccc5)c(-c5ccccc5)nc34)ccc21. The Kier molecular flexibility index (Phi) is 10.3. The van der Waals surface area contributed by atoms with E-state index in [-0.39, 0.29) is 0 Å². The van der Waals surface area contributed by atoms with Gasteiger partial charge in [-0.3, -0.25) is 0 Å². The Balaban J connectivity index is 1.29. The summed E-state index contributed by atoms with van der Waals surface area (Å²) in [6, 6.07) is 35.2. The lowest BCUT2D eigenvalue weighted by Gasteiger charge is -2.32. The summed E-state index contributed by atoms with van der Waals surface area (Å²) >= 11 is 1.29. The first-order valence-electron chi connectivity index (χ1n) is 20.6. The van der Waals surface area contributed by atoms with E-state index in [1.165, 1.54) is 85.6 Å². The number of aryl methyl sites for hydroxylation is 2. The van der Waals surface area contributed by atoms with Crippen LogP contribution in [0.3, 0.4) is 0 Å². The van der Waals surface area contributed by atoms with Crippen LogP contribution in [0.15, 0.2) is 97.1 Å². The number of hydrogen-bond donors (Lipinski definition) is 0. The maximum atomic E-state index is 5.69. The highest BCUT2D eigenvalue weighted by molar-refractivity contribution is 7.00. The van der Waals surface area contributed by atoms with Crippen LogP contribution < -0.4 is 9.80 Å². The lowest BCUT2D eigenvalue weighted by atomic mass is 9.90. The van der Waals surface area contributed by atoms with Crippen molar-refractivity contribution in [2.24, 2.45) is 0 Å². The molecule has 7 aromatic rings. The fourth-order valence-corrected chi connectivity index (χ4v) is 9.46. The molecule has 2 aliphatic heterocycles. The highest BCUT2D eigenvalue weighted by atomic mass is 32.1. The molecule has 0 aliphatic carbocycles. The Morgan fingerprint density at radius 1 is 0.509 bits per heavy atom. The molecule has 2 aromatic heterocycles. The van der Waals surface area contributed by atoms with Gasteiger partial charge in [0.25, 0.3) is 0 Å². The monoisotopic (exact) mass is 742 g/mol. The predicted octanol–water partition coefficient (Wildman–Crippen LogP) is 12.2. The van der Waals surface area contributed by atoms with E-state index in [9.17, 15) is 0 Å². The normalized spacial score (nSPS) is 14.1. The second kappa shape index (κ2) is 15.9. The number of benzene rings is 5. The lowest BCUT2D eigenvalue weighted by Crippen LogP contribution is -2.30. The average Bonchev–Trinajstić information content (AvgIpc) is 3.72. The van der Waals surface area contributed by atoms with Crippen molar-refractivity contribution in [1.29, 1.82) is 0 Å². The van der Waals surface area contributed by atoms with Crippen molar-refractivity contribution in [1.82, 2.24) is 18.7 Å². The molecule has 0 unspecified atom stereocenters. The minimum Gasteiger partial charge on any atom is -0.371 e. The van der Waals surface area contributed by atoms with Gasteiger partial charge in [-0.05, 0) is 85.0 Å². The molecule has 6 nitrogen and oxygen atoms in total. The number of aromatic nitrogens is 4. The van der Waals surface area contributed by atoms with E-state index in [1.54, 1.807) is 0 Å². The quantitative estimate of drug-likeness (QED) is 0.116. The van der Waals surface area contributed by atoms with Gasteiger partial charge in [-0.15, -0.1) is 0 Å². The van der Waals surface area contributed by atoms with E-state index in [1.807, 2.05) is 0 Å². The first-order chi connectivity index (χ1) is 27.2. The van der Waals surface area contributed by atoms with Gasteiger partial charge in [-0.2, -0.15) is 8.75 Å². The molecule has 2 aliphatic rings. The molecule has 0 amide bonds. The van der Waals surface area contributed by atoms with Crippen LogP contribution in [0.5, 0.6) is 0 Å². The molecule has 0 radical (unpaired) electrons. The van der Waals surface area contributed by atoms with Crippen molar-refractivity contribution in [3.05, 3.63) is 108 Å². The van der Waals surface area contributed by atoms with E-state index in [4.69, 9.17) is 18.7 Å². The molecule has 0 saturated heterocycles. The second-order valence-electron chi connectivity index (χ2n) is 15.3. The van der Waals surface area contributed by atoms with Crippen LogP contribution in [0.4, 0.5) is 11.4 Å². The third-order valence-electron chi connectivity index (χ3n) is 11.7. The largest absolute Gasteiger partial charge is 0.371 e. The number of fused-ring (bicyclic) bond motifs is 4. The zero-order chi connectivity index (χ0) is 37.1. The predicted molar refractivity (Wildman–Crippen MR) is 232 cm³/mol. The van der Waals surface area contributed by atoms with Crippen LogP contribution in [0.1, 0.15) is 76.3 Å². The standard InChI is InChI=1S/C48H50N6S/c1-3-5-13-27-53-29-15-21-35-31-37(23-25-39(35)53)41-45-46(50-44(34-19-11-8-12-20-34)43(49-45)33-17-9-7-10-18-33)42(48-47(41)51-55-52-48)38-24-26-40-36(32-38)22-16-30-54(40)28-14-6-4-2/h7-12,17-20,23-26,31-32H,3-6,13-16,21-22,27-30H2,1-2H3. The minimum atomic E-state index is 0.877. The van der Waals surface area contributed by atoms with Gasteiger partial charge in [0, 0.05) is 59.8 Å². The Morgan fingerprint density at radius 2 is 0.964 bits per heavy atom. The average molecular weight is 743 g/mol. The first-order valence-corrected chi connectivity index (χ1v) is 21.3. The smallest absolute Gasteiger partial charge is 0.115 e. The first kappa shape index (κ1) is 35.6. The highest BCUT2D eigenvalue weighted by Gasteiger charge is 2.27. The summed E-state index contributed by atoms with van der Waals surface area (Å²) in [4.78, 5) is 16.6. The van der Waals surface area contributed by atoms with Crippen LogP contribution in [-0.2, 0) is 12.8 Å². The lowest BCUT2D eigenvalue weighted by molar-refractivity contribution is 0.638. The molecule has 55 heavy (non-hydrogen) atoms. The Hall–Kier alpha value is -5.14. The molecule has 0 N–H and O–H groups in total. The molecular formula is C48H50N6S. The zero-order valence-electron chi connectivity index (χ0n) is 32.2. The molecule has 0 fully saturated rings. The van der Waals surface area contributed by atoms with Gasteiger partial charge in [0.05, 0.1) is 23.1 Å². The van der Waals surface area contributed by atoms with Crippen molar-refractivity contribution >= 4 is 45.2 Å². The van der Waals surface area contributed by atoms with E-state index in [0.29, 0.717) is 0 Å². The van der Waals surface area contributed by atoms with Crippen molar-refractivity contribution < 1.29 is 0 Å². The molecule has 0 spiro atoms. The summed E-state index contributed by atoms with van der Waals surface area (Å²) in [5, 5.41) is 0. The molecule has 4 heterocycles. The van der Waals surface area contributed by atoms with Crippen molar-refractivity contribution in [3.63, 3.8) is 0 Å². The van der Waals surface area contributed by atoms with Crippen LogP contribution in [0, 0.1) is 0 Å². The van der Waals surface area contributed by atoms with Crippen LogP contribution in [0.2, 0.25) is 0 Å². The molecule has 9 rings (SSSR count). The third kappa shape index (κ3) is 6.88. The third-order valence-corrected chi connectivity index (χ3v) is 12.2. The Labute approximate surface area is 329 Å². The summed E-state index contributed by atoms with van der Waals surface area (Å²) in [6.07, 6.45) is 12.0. The molecule has 0 atom stereocenters. The Morgan fingerprint density at radius 3 is 1.40 bits per heavy atom. The fraction of sp³-hybridized carbons (Fsp3) is 0.333.